The van der Waals surface area contributed by atoms with E-state index in [0.717, 1.165) is 43.7 Å². The SMILES string of the molecule is NC(=N[C@H]1CC[C@H](Nc2ccc(N3CCCC3=O)cn2)C1)NO. The third-order valence-electron chi connectivity index (χ3n) is 4.33. The van der Waals surface area contributed by atoms with Crippen LogP contribution in [0.4, 0.5) is 11.5 Å². The van der Waals surface area contributed by atoms with E-state index in [0.29, 0.717) is 6.42 Å². The van der Waals surface area contributed by atoms with Gasteiger partial charge >= 0.3 is 0 Å². The van der Waals surface area contributed by atoms with Crippen LogP contribution in [0.15, 0.2) is 23.3 Å². The Morgan fingerprint density at radius 3 is 2.96 bits per heavy atom. The fourth-order valence-corrected chi connectivity index (χ4v) is 3.19. The van der Waals surface area contributed by atoms with E-state index in [1.807, 2.05) is 17.6 Å². The molecule has 2 atom stereocenters. The molecular weight excluding hydrogens is 296 g/mol. The Morgan fingerprint density at radius 1 is 1.43 bits per heavy atom. The van der Waals surface area contributed by atoms with Gasteiger partial charge < -0.3 is 16.0 Å². The predicted molar refractivity (Wildman–Crippen MR) is 87.4 cm³/mol. The van der Waals surface area contributed by atoms with Crippen LogP contribution in [0.5, 0.6) is 0 Å². The molecule has 2 aliphatic rings. The fraction of sp³-hybridized carbons (Fsp3) is 0.533. The molecule has 1 saturated carbocycles. The van der Waals surface area contributed by atoms with Gasteiger partial charge in [0.15, 0.2) is 0 Å². The number of carbonyl (C=O) groups is 1. The summed E-state index contributed by atoms with van der Waals surface area (Å²) in [5, 5.41) is 12.1. The average Bonchev–Trinajstić information content (AvgIpc) is 3.17. The molecule has 1 aliphatic carbocycles. The summed E-state index contributed by atoms with van der Waals surface area (Å²) >= 11 is 0. The highest BCUT2D eigenvalue weighted by Gasteiger charge is 2.25. The van der Waals surface area contributed by atoms with Crippen LogP contribution >= 0.6 is 0 Å². The molecule has 0 aromatic carbocycles. The van der Waals surface area contributed by atoms with Crippen LogP contribution in [0, 0.1) is 0 Å². The fourth-order valence-electron chi connectivity index (χ4n) is 3.19. The number of rotatable bonds is 4. The molecule has 1 aromatic heterocycles. The molecular formula is C15H22N6O2. The van der Waals surface area contributed by atoms with Gasteiger partial charge in [-0.2, -0.15) is 0 Å². The number of anilines is 2. The normalized spacial score (nSPS) is 25.0. The first-order valence-electron chi connectivity index (χ1n) is 7.92. The molecule has 23 heavy (non-hydrogen) atoms. The Bertz CT molecular complexity index is 588. The number of guanidine groups is 1. The monoisotopic (exact) mass is 318 g/mol. The summed E-state index contributed by atoms with van der Waals surface area (Å²) in [5.41, 5.74) is 8.17. The van der Waals surface area contributed by atoms with Gasteiger partial charge in [0.25, 0.3) is 0 Å². The Hall–Kier alpha value is -2.35. The van der Waals surface area contributed by atoms with Crippen LogP contribution in [-0.2, 0) is 4.79 Å². The van der Waals surface area contributed by atoms with Crippen LogP contribution in [0.2, 0.25) is 0 Å². The van der Waals surface area contributed by atoms with E-state index >= 15 is 0 Å². The van der Waals surface area contributed by atoms with Crippen molar-refractivity contribution < 1.29 is 10.0 Å². The molecule has 1 aromatic rings. The van der Waals surface area contributed by atoms with Crippen molar-refractivity contribution in [2.75, 3.05) is 16.8 Å². The van der Waals surface area contributed by atoms with Gasteiger partial charge in [-0.25, -0.2) is 15.5 Å². The van der Waals surface area contributed by atoms with E-state index in [1.165, 1.54) is 0 Å². The molecule has 8 nitrogen and oxygen atoms in total. The second kappa shape index (κ2) is 6.82. The predicted octanol–water partition coefficient (Wildman–Crippen LogP) is 0.835. The molecule has 0 bridgehead atoms. The van der Waals surface area contributed by atoms with Crippen molar-refractivity contribution in [2.45, 2.75) is 44.2 Å². The highest BCUT2D eigenvalue weighted by molar-refractivity contribution is 5.95. The number of nitrogens with two attached hydrogens (primary N) is 1. The molecule has 1 aliphatic heterocycles. The van der Waals surface area contributed by atoms with Gasteiger partial charge in [-0.15, -0.1) is 0 Å². The van der Waals surface area contributed by atoms with Crippen LogP contribution in [-0.4, -0.2) is 40.7 Å². The number of hydroxylamine groups is 1. The van der Waals surface area contributed by atoms with Crippen molar-refractivity contribution in [1.29, 1.82) is 0 Å². The zero-order chi connectivity index (χ0) is 16.2. The molecule has 8 heteroatoms. The largest absolute Gasteiger partial charge is 0.368 e. The number of nitrogens with one attached hydrogen (secondary N) is 2. The van der Waals surface area contributed by atoms with Crippen LogP contribution in [0.3, 0.4) is 0 Å². The minimum atomic E-state index is 0.0495. The van der Waals surface area contributed by atoms with Gasteiger partial charge in [0.2, 0.25) is 11.9 Å². The second-order valence-corrected chi connectivity index (χ2v) is 5.98. The second-order valence-electron chi connectivity index (χ2n) is 5.98. The van der Waals surface area contributed by atoms with E-state index in [-0.39, 0.29) is 24.0 Å². The Kier molecular flexibility index (Phi) is 4.61. The van der Waals surface area contributed by atoms with Gasteiger partial charge in [0, 0.05) is 19.0 Å². The van der Waals surface area contributed by atoms with Crippen molar-refractivity contribution in [3.05, 3.63) is 18.3 Å². The summed E-state index contributed by atoms with van der Waals surface area (Å²) in [4.78, 5) is 22.1. The minimum Gasteiger partial charge on any atom is -0.368 e. The first-order valence-corrected chi connectivity index (χ1v) is 7.92. The lowest BCUT2D eigenvalue weighted by molar-refractivity contribution is -0.117. The summed E-state index contributed by atoms with van der Waals surface area (Å²) < 4.78 is 0. The summed E-state index contributed by atoms with van der Waals surface area (Å²) in [6.07, 6.45) is 6.01. The molecule has 0 spiro atoms. The van der Waals surface area contributed by atoms with E-state index in [9.17, 15) is 4.79 Å². The summed E-state index contributed by atoms with van der Waals surface area (Å²) in [6, 6.07) is 4.22. The third kappa shape index (κ3) is 3.70. The maximum Gasteiger partial charge on any atom is 0.227 e. The van der Waals surface area contributed by atoms with Crippen molar-refractivity contribution in [2.24, 2.45) is 10.7 Å². The van der Waals surface area contributed by atoms with Gasteiger partial charge in [-0.05, 0) is 37.8 Å². The number of pyridine rings is 1. The Morgan fingerprint density at radius 2 is 2.30 bits per heavy atom. The molecule has 1 amide bonds. The van der Waals surface area contributed by atoms with Gasteiger partial charge in [-0.1, -0.05) is 0 Å². The third-order valence-corrected chi connectivity index (χ3v) is 4.33. The van der Waals surface area contributed by atoms with E-state index in [1.54, 1.807) is 11.1 Å². The molecule has 2 heterocycles. The zero-order valence-corrected chi connectivity index (χ0v) is 12.9. The van der Waals surface area contributed by atoms with Crippen LogP contribution < -0.4 is 21.4 Å². The summed E-state index contributed by atoms with van der Waals surface area (Å²) in [5.74, 6) is 1.01. The number of carbonyl (C=O) groups excluding carboxylic acids is 1. The number of hydrogen-bond acceptors (Lipinski definition) is 5. The number of nitrogens with zero attached hydrogens (tertiary/aromatic N) is 3. The molecule has 124 valence electrons. The topological polar surface area (TPSA) is 116 Å². The number of aromatic nitrogens is 1. The lowest BCUT2D eigenvalue weighted by Gasteiger charge is -2.17. The van der Waals surface area contributed by atoms with Crippen molar-refractivity contribution in [3.63, 3.8) is 0 Å². The molecule has 1 saturated heterocycles. The minimum absolute atomic E-state index is 0.0495. The van der Waals surface area contributed by atoms with Crippen LogP contribution in [0.1, 0.15) is 32.1 Å². The first kappa shape index (κ1) is 15.5. The zero-order valence-electron chi connectivity index (χ0n) is 12.9. The molecule has 0 unspecified atom stereocenters. The highest BCUT2D eigenvalue weighted by atomic mass is 16.5. The van der Waals surface area contributed by atoms with Gasteiger partial charge in [0.1, 0.15) is 5.82 Å². The Labute approximate surface area is 134 Å². The van der Waals surface area contributed by atoms with Crippen molar-refractivity contribution in [1.82, 2.24) is 10.5 Å². The van der Waals surface area contributed by atoms with Crippen molar-refractivity contribution in [3.8, 4) is 0 Å². The van der Waals surface area contributed by atoms with Gasteiger partial charge in [-0.3, -0.25) is 10.0 Å². The first-order chi connectivity index (χ1) is 11.2. The lowest BCUT2D eigenvalue weighted by atomic mass is 10.2. The number of aliphatic imine (C=N–C) groups is 1. The smallest absolute Gasteiger partial charge is 0.227 e. The van der Waals surface area contributed by atoms with E-state index in [4.69, 9.17) is 10.9 Å². The standard InChI is InChI=1S/C15H22N6O2/c16-15(20-23)19-11-4-3-10(8-11)18-13-6-5-12(9-17-13)21-7-1-2-14(21)22/h5-6,9-11,23H,1-4,7-8H2,(H,17,18)(H3,16,19,20)/t10-,11-/m0/s1. The summed E-state index contributed by atoms with van der Waals surface area (Å²) in [7, 11) is 0. The maximum absolute atomic E-state index is 11.7. The number of hydrogen-bond donors (Lipinski definition) is 4. The molecule has 5 N–H and O–H groups in total. The van der Waals surface area contributed by atoms with Crippen molar-refractivity contribution >= 4 is 23.4 Å². The molecule has 0 radical (unpaired) electrons. The Balaban J connectivity index is 1.56. The van der Waals surface area contributed by atoms with Crippen LogP contribution in [0.25, 0.3) is 0 Å². The maximum atomic E-state index is 11.7. The average molecular weight is 318 g/mol. The molecule has 3 rings (SSSR count). The van der Waals surface area contributed by atoms with E-state index in [2.05, 4.69) is 15.3 Å². The lowest BCUT2D eigenvalue weighted by Crippen LogP contribution is -2.30. The highest BCUT2D eigenvalue weighted by Crippen LogP contribution is 2.26. The van der Waals surface area contributed by atoms with E-state index < -0.39 is 0 Å². The molecule has 2 fully saturated rings. The number of amides is 1. The van der Waals surface area contributed by atoms with Gasteiger partial charge in [0.05, 0.1) is 17.9 Å². The summed E-state index contributed by atoms with van der Waals surface area (Å²) in [6.45, 7) is 0.774. The quantitative estimate of drug-likeness (QED) is 0.371.